The zero-order chi connectivity index (χ0) is 22.1. The fourth-order valence-corrected chi connectivity index (χ4v) is 5.92. The van der Waals surface area contributed by atoms with Crippen LogP contribution in [0.1, 0.15) is 27.7 Å². The molecule has 0 spiro atoms. The van der Waals surface area contributed by atoms with Crippen molar-refractivity contribution in [1.29, 1.82) is 0 Å². The van der Waals surface area contributed by atoms with E-state index >= 15 is 0 Å². The number of fused-ring (bicyclic) bond motifs is 4. The van der Waals surface area contributed by atoms with Gasteiger partial charge in [0.25, 0.3) is 0 Å². The van der Waals surface area contributed by atoms with Crippen LogP contribution < -0.4 is 5.46 Å². The SMILES string of the molecule is CC1(C)OB(c2ccc(-c3cccc4c3sc3ccccc34)c3ccccc23)OC1(C)C. The molecule has 0 N–H and O–H groups in total. The molecule has 5 aromatic rings. The maximum atomic E-state index is 6.39. The summed E-state index contributed by atoms with van der Waals surface area (Å²) < 4.78 is 15.4. The van der Waals surface area contributed by atoms with Crippen LogP contribution in [-0.4, -0.2) is 18.3 Å². The molecule has 6 rings (SSSR count). The van der Waals surface area contributed by atoms with Crippen molar-refractivity contribution in [2.24, 2.45) is 0 Å². The highest BCUT2D eigenvalue weighted by Gasteiger charge is 2.52. The summed E-state index contributed by atoms with van der Waals surface area (Å²) in [6, 6.07) is 28.4. The molecule has 0 aliphatic carbocycles. The van der Waals surface area contributed by atoms with Crippen LogP contribution >= 0.6 is 11.3 Å². The highest BCUT2D eigenvalue weighted by molar-refractivity contribution is 7.26. The maximum Gasteiger partial charge on any atom is 0.495 e. The van der Waals surface area contributed by atoms with Crippen molar-refractivity contribution in [3.05, 3.63) is 78.9 Å². The fraction of sp³-hybridized carbons (Fsp3) is 0.214. The molecule has 1 aliphatic rings. The van der Waals surface area contributed by atoms with Crippen LogP contribution in [0.2, 0.25) is 0 Å². The van der Waals surface area contributed by atoms with Crippen molar-refractivity contribution in [1.82, 2.24) is 0 Å². The molecule has 0 saturated carbocycles. The Kier molecular flexibility index (Phi) is 4.32. The van der Waals surface area contributed by atoms with E-state index in [0.29, 0.717) is 0 Å². The van der Waals surface area contributed by atoms with Gasteiger partial charge in [0.05, 0.1) is 11.2 Å². The first kappa shape index (κ1) is 20.0. The molecule has 1 saturated heterocycles. The zero-order valence-corrected chi connectivity index (χ0v) is 19.6. The van der Waals surface area contributed by atoms with Crippen molar-refractivity contribution in [3.63, 3.8) is 0 Å². The number of hydrogen-bond acceptors (Lipinski definition) is 3. The lowest BCUT2D eigenvalue weighted by atomic mass is 9.75. The Balaban J connectivity index is 1.57. The molecule has 0 bridgehead atoms. The first-order chi connectivity index (χ1) is 15.4. The molecule has 1 fully saturated rings. The molecule has 0 atom stereocenters. The van der Waals surface area contributed by atoms with Gasteiger partial charge < -0.3 is 9.31 Å². The van der Waals surface area contributed by atoms with Crippen molar-refractivity contribution >= 4 is 54.9 Å². The molecular weight excluding hydrogens is 411 g/mol. The van der Waals surface area contributed by atoms with Gasteiger partial charge in [0, 0.05) is 25.7 Å². The molecule has 0 unspecified atom stereocenters. The van der Waals surface area contributed by atoms with Gasteiger partial charge in [-0.2, -0.15) is 0 Å². The third kappa shape index (κ3) is 2.87. The highest BCUT2D eigenvalue weighted by atomic mass is 32.1. The van der Waals surface area contributed by atoms with Crippen molar-refractivity contribution in [3.8, 4) is 11.1 Å². The van der Waals surface area contributed by atoms with Gasteiger partial charge in [-0.15, -0.1) is 11.3 Å². The van der Waals surface area contributed by atoms with Crippen LogP contribution in [0.3, 0.4) is 0 Å². The number of hydrogen-bond donors (Lipinski definition) is 0. The Labute approximate surface area is 192 Å². The van der Waals surface area contributed by atoms with E-state index in [1.165, 1.54) is 42.1 Å². The van der Waals surface area contributed by atoms with Crippen LogP contribution in [0.4, 0.5) is 0 Å². The number of benzene rings is 4. The minimum Gasteiger partial charge on any atom is -0.399 e. The molecule has 32 heavy (non-hydrogen) atoms. The van der Waals surface area contributed by atoms with Crippen molar-refractivity contribution < 1.29 is 9.31 Å². The lowest BCUT2D eigenvalue weighted by Gasteiger charge is -2.32. The lowest BCUT2D eigenvalue weighted by molar-refractivity contribution is 0.00578. The average Bonchev–Trinajstić information content (AvgIpc) is 3.26. The summed E-state index contributed by atoms with van der Waals surface area (Å²) in [4.78, 5) is 0. The van der Waals surface area contributed by atoms with E-state index in [0.717, 1.165) is 5.46 Å². The van der Waals surface area contributed by atoms with Gasteiger partial charge in [-0.05, 0) is 55.6 Å². The molecule has 1 aromatic heterocycles. The third-order valence-corrected chi connectivity index (χ3v) is 8.38. The predicted molar refractivity (Wildman–Crippen MR) is 138 cm³/mol. The molecule has 1 aliphatic heterocycles. The molecule has 4 heteroatoms. The summed E-state index contributed by atoms with van der Waals surface area (Å²) in [5.74, 6) is 0. The minimum absolute atomic E-state index is 0.361. The summed E-state index contributed by atoms with van der Waals surface area (Å²) in [5, 5.41) is 5.06. The molecule has 2 heterocycles. The highest BCUT2D eigenvalue weighted by Crippen LogP contribution is 2.42. The van der Waals surface area contributed by atoms with Crippen LogP contribution in [-0.2, 0) is 9.31 Å². The normalized spacial score (nSPS) is 17.6. The van der Waals surface area contributed by atoms with Gasteiger partial charge in [-0.25, -0.2) is 0 Å². The molecular formula is C28H25BO2S. The molecule has 0 amide bonds. The van der Waals surface area contributed by atoms with E-state index < -0.39 is 0 Å². The predicted octanol–water partition coefficient (Wildman–Crippen LogP) is 7.17. The first-order valence-corrected chi connectivity index (χ1v) is 12.0. The average molecular weight is 436 g/mol. The topological polar surface area (TPSA) is 18.5 Å². The van der Waals surface area contributed by atoms with E-state index in [9.17, 15) is 0 Å². The Morgan fingerprint density at radius 2 is 1.22 bits per heavy atom. The van der Waals surface area contributed by atoms with Crippen LogP contribution in [0.5, 0.6) is 0 Å². The van der Waals surface area contributed by atoms with Crippen LogP contribution in [0.15, 0.2) is 78.9 Å². The van der Waals surface area contributed by atoms with E-state index in [4.69, 9.17) is 9.31 Å². The monoisotopic (exact) mass is 436 g/mol. The molecule has 0 radical (unpaired) electrons. The maximum absolute atomic E-state index is 6.39. The second kappa shape index (κ2) is 6.92. The minimum atomic E-state index is -0.376. The standard InChI is InChI=1S/C28H25BO2S/c1-27(2)28(3,4)31-29(30-27)24-17-16-19(18-10-5-6-11-20(18)24)22-13-9-14-23-21-12-7-8-15-25(21)32-26(22)23/h5-17H,1-4H3. The van der Waals surface area contributed by atoms with Crippen molar-refractivity contribution in [2.45, 2.75) is 38.9 Å². The number of rotatable bonds is 2. The fourth-order valence-electron chi connectivity index (χ4n) is 4.69. The van der Waals surface area contributed by atoms with Crippen molar-refractivity contribution in [2.75, 3.05) is 0 Å². The second-order valence-corrected chi connectivity index (χ2v) is 10.7. The van der Waals surface area contributed by atoms with Crippen LogP contribution in [0.25, 0.3) is 42.1 Å². The Morgan fingerprint density at radius 3 is 1.97 bits per heavy atom. The van der Waals surface area contributed by atoms with E-state index in [-0.39, 0.29) is 18.3 Å². The Morgan fingerprint density at radius 1 is 0.594 bits per heavy atom. The summed E-state index contributed by atoms with van der Waals surface area (Å²) in [6.07, 6.45) is 0. The molecule has 158 valence electrons. The van der Waals surface area contributed by atoms with Gasteiger partial charge in [-0.3, -0.25) is 0 Å². The van der Waals surface area contributed by atoms with Gasteiger partial charge in [0.15, 0.2) is 0 Å². The molecule has 2 nitrogen and oxygen atoms in total. The quantitative estimate of drug-likeness (QED) is 0.273. The first-order valence-electron chi connectivity index (χ1n) is 11.1. The van der Waals surface area contributed by atoms with Crippen LogP contribution in [0, 0.1) is 0 Å². The molecule has 4 aromatic carbocycles. The summed E-state index contributed by atoms with van der Waals surface area (Å²) >= 11 is 1.87. The number of thiophene rings is 1. The second-order valence-electron chi connectivity index (χ2n) is 9.62. The van der Waals surface area contributed by atoms with E-state index in [2.05, 4.69) is 107 Å². The summed E-state index contributed by atoms with van der Waals surface area (Å²) in [6.45, 7) is 8.41. The van der Waals surface area contributed by atoms with Gasteiger partial charge >= 0.3 is 7.12 Å². The van der Waals surface area contributed by atoms with Gasteiger partial charge in [-0.1, -0.05) is 72.8 Å². The van der Waals surface area contributed by atoms with Gasteiger partial charge in [0.1, 0.15) is 0 Å². The lowest BCUT2D eigenvalue weighted by Crippen LogP contribution is -2.41. The third-order valence-electron chi connectivity index (χ3n) is 7.16. The largest absolute Gasteiger partial charge is 0.495 e. The Bertz CT molecular complexity index is 1480. The van der Waals surface area contributed by atoms with Gasteiger partial charge in [0.2, 0.25) is 0 Å². The summed E-state index contributed by atoms with van der Waals surface area (Å²) in [7, 11) is -0.376. The summed E-state index contributed by atoms with van der Waals surface area (Å²) in [5.41, 5.74) is 2.89. The smallest absolute Gasteiger partial charge is 0.399 e. The zero-order valence-electron chi connectivity index (χ0n) is 18.8. The van der Waals surface area contributed by atoms with E-state index in [1.54, 1.807) is 0 Å². The van der Waals surface area contributed by atoms with E-state index in [1.807, 2.05) is 11.3 Å². The Hall–Kier alpha value is -2.66.